The molecule has 2 amide bonds. The van der Waals surface area contributed by atoms with E-state index in [1.54, 1.807) is 31.4 Å². The lowest BCUT2D eigenvalue weighted by Gasteiger charge is -2.25. The van der Waals surface area contributed by atoms with Crippen LogP contribution in [0.5, 0.6) is 5.75 Å². The number of rotatable bonds is 9. The lowest BCUT2D eigenvalue weighted by atomic mass is 9.95. The number of anilines is 1. The normalized spacial score (nSPS) is 14.0. The number of thioether (sulfide) groups is 1. The second kappa shape index (κ2) is 11.7. The predicted molar refractivity (Wildman–Crippen MR) is 145 cm³/mol. The second-order valence-electron chi connectivity index (χ2n) is 8.80. The Balaban J connectivity index is 1.25. The molecule has 4 aromatic rings. The van der Waals surface area contributed by atoms with Crippen LogP contribution >= 0.6 is 23.1 Å². The van der Waals surface area contributed by atoms with Gasteiger partial charge in [0.05, 0.1) is 29.6 Å². The highest BCUT2D eigenvalue weighted by atomic mass is 32.2. The molecule has 2 heterocycles. The zero-order chi connectivity index (χ0) is 25.6. The Kier molecular flexibility index (Phi) is 8.00. The van der Waals surface area contributed by atoms with Gasteiger partial charge >= 0.3 is 0 Å². The van der Waals surface area contributed by atoms with Crippen molar-refractivity contribution in [2.75, 3.05) is 18.2 Å². The predicted octanol–water partition coefficient (Wildman–Crippen LogP) is 5.06. The van der Waals surface area contributed by atoms with E-state index < -0.39 is 0 Å². The SMILES string of the molecule is COc1ccc(C(=O)NCc2nnc(SCC(=O)Nc3nc4ccccc4s3)n2C2CCCCC2)cc1. The van der Waals surface area contributed by atoms with Crippen LogP contribution in [0, 0.1) is 0 Å². The zero-order valence-electron chi connectivity index (χ0n) is 20.5. The summed E-state index contributed by atoms with van der Waals surface area (Å²) in [5, 5.41) is 15.9. The zero-order valence-corrected chi connectivity index (χ0v) is 22.1. The maximum absolute atomic E-state index is 12.7. The van der Waals surface area contributed by atoms with Gasteiger partial charge in [-0.15, -0.1) is 10.2 Å². The smallest absolute Gasteiger partial charge is 0.251 e. The van der Waals surface area contributed by atoms with Gasteiger partial charge in [-0.25, -0.2) is 4.98 Å². The number of aromatic nitrogens is 4. The van der Waals surface area contributed by atoms with Gasteiger partial charge in [0, 0.05) is 11.6 Å². The molecular weight excluding hydrogens is 508 g/mol. The lowest BCUT2D eigenvalue weighted by Crippen LogP contribution is -2.26. The number of nitrogens with one attached hydrogen (secondary N) is 2. The quantitative estimate of drug-likeness (QED) is 0.288. The van der Waals surface area contributed by atoms with Crippen LogP contribution < -0.4 is 15.4 Å². The summed E-state index contributed by atoms with van der Waals surface area (Å²) in [6.45, 7) is 0.257. The van der Waals surface area contributed by atoms with Crippen molar-refractivity contribution in [3.8, 4) is 5.75 Å². The van der Waals surface area contributed by atoms with Crippen molar-refractivity contribution >= 4 is 50.3 Å². The summed E-state index contributed by atoms with van der Waals surface area (Å²) in [6.07, 6.45) is 5.56. The Bertz CT molecular complexity index is 1350. The van der Waals surface area contributed by atoms with Crippen LogP contribution in [0.3, 0.4) is 0 Å². The van der Waals surface area contributed by atoms with E-state index in [2.05, 4.69) is 30.4 Å². The van der Waals surface area contributed by atoms with E-state index in [4.69, 9.17) is 4.74 Å². The largest absolute Gasteiger partial charge is 0.497 e. The van der Waals surface area contributed by atoms with E-state index in [0.717, 1.165) is 35.9 Å². The maximum Gasteiger partial charge on any atom is 0.251 e. The second-order valence-corrected chi connectivity index (χ2v) is 10.8. The van der Waals surface area contributed by atoms with Gasteiger partial charge < -0.3 is 19.9 Å². The molecule has 0 radical (unpaired) electrons. The third-order valence-electron chi connectivity index (χ3n) is 6.31. The van der Waals surface area contributed by atoms with Gasteiger partial charge in [-0.3, -0.25) is 9.59 Å². The van der Waals surface area contributed by atoms with Gasteiger partial charge in [0.2, 0.25) is 5.91 Å². The summed E-state index contributed by atoms with van der Waals surface area (Å²) in [7, 11) is 1.59. The summed E-state index contributed by atoms with van der Waals surface area (Å²) < 4.78 is 8.31. The molecule has 192 valence electrons. The van der Waals surface area contributed by atoms with Crippen molar-refractivity contribution in [1.29, 1.82) is 0 Å². The highest BCUT2D eigenvalue weighted by Gasteiger charge is 2.24. The highest BCUT2D eigenvalue weighted by Crippen LogP contribution is 2.33. The Morgan fingerprint density at radius 1 is 1.08 bits per heavy atom. The number of thiazole rings is 1. The molecule has 2 aromatic heterocycles. The number of carbonyl (C=O) groups is 2. The first-order valence-corrected chi connectivity index (χ1v) is 14.0. The van der Waals surface area contributed by atoms with E-state index in [0.29, 0.717) is 27.4 Å². The van der Waals surface area contributed by atoms with Crippen LogP contribution in [0.25, 0.3) is 10.2 Å². The summed E-state index contributed by atoms with van der Waals surface area (Å²) in [4.78, 5) is 29.9. The first kappa shape index (κ1) is 25.2. The van der Waals surface area contributed by atoms with Gasteiger partial charge in [0.15, 0.2) is 16.1 Å². The van der Waals surface area contributed by atoms with Gasteiger partial charge in [-0.2, -0.15) is 0 Å². The molecule has 1 fully saturated rings. The van der Waals surface area contributed by atoms with Crippen molar-refractivity contribution in [3.63, 3.8) is 0 Å². The first-order valence-electron chi connectivity index (χ1n) is 12.2. The molecule has 1 saturated carbocycles. The molecule has 1 aliphatic carbocycles. The van der Waals surface area contributed by atoms with Crippen molar-refractivity contribution in [2.24, 2.45) is 0 Å². The number of benzene rings is 2. The minimum Gasteiger partial charge on any atom is -0.497 e. The molecule has 5 rings (SSSR count). The Morgan fingerprint density at radius 2 is 1.86 bits per heavy atom. The summed E-state index contributed by atoms with van der Waals surface area (Å²) >= 11 is 2.81. The molecule has 9 nitrogen and oxygen atoms in total. The number of para-hydroxylation sites is 1. The molecule has 37 heavy (non-hydrogen) atoms. The average Bonchev–Trinajstić information content (AvgIpc) is 3.54. The molecule has 2 N–H and O–H groups in total. The van der Waals surface area contributed by atoms with E-state index in [1.165, 1.54) is 29.5 Å². The number of methoxy groups -OCH3 is 1. The molecule has 1 aliphatic rings. The van der Waals surface area contributed by atoms with Gasteiger partial charge in [-0.1, -0.05) is 54.5 Å². The molecule has 0 saturated heterocycles. The van der Waals surface area contributed by atoms with Gasteiger partial charge in [-0.05, 0) is 49.2 Å². The fourth-order valence-corrected chi connectivity index (χ4v) is 6.15. The topological polar surface area (TPSA) is 111 Å². The number of hydrogen-bond donors (Lipinski definition) is 2. The summed E-state index contributed by atoms with van der Waals surface area (Å²) in [5.74, 6) is 1.26. The third kappa shape index (κ3) is 6.11. The van der Waals surface area contributed by atoms with E-state index >= 15 is 0 Å². The average molecular weight is 537 g/mol. The monoisotopic (exact) mass is 536 g/mol. The van der Waals surface area contributed by atoms with E-state index in [-0.39, 0.29) is 30.2 Å². The van der Waals surface area contributed by atoms with Crippen LogP contribution in [0.1, 0.15) is 54.3 Å². The Hall–Kier alpha value is -3.44. The minimum atomic E-state index is -0.190. The Labute approximate surface area is 223 Å². The van der Waals surface area contributed by atoms with E-state index in [9.17, 15) is 9.59 Å². The van der Waals surface area contributed by atoms with E-state index in [1.807, 2.05) is 24.3 Å². The van der Waals surface area contributed by atoms with Crippen LogP contribution in [-0.4, -0.2) is 44.4 Å². The number of hydrogen-bond acceptors (Lipinski definition) is 8. The molecule has 0 atom stereocenters. The number of carbonyl (C=O) groups excluding carboxylic acids is 2. The molecule has 11 heteroatoms. The maximum atomic E-state index is 12.7. The number of ether oxygens (including phenoxy) is 1. The fourth-order valence-electron chi connectivity index (χ4n) is 4.45. The van der Waals surface area contributed by atoms with Crippen molar-refractivity contribution in [3.05, 3.63) is 59.9 Å². The standard InChI is InChI=1S/C26H28N6O3S2/c1-35-19-13-11-17(12-14-19)24(34)27-15-22-30-31-26(32(22)18-7-3-2-4-8-18)36-16-23(33)29-25-28-20-9-5-6-10-21(20)37-25/h5-6,9-14,18H,2-4,7-8,15-16H2,1H3,(H,27,34)(H,28,29,33). The van der Waals surface area contributed by atoms with Crippen molar-refractivity contribution in [2.45, 2.75) is 49.8 Å². The highest BCUT2D eigenvalue weighted by molar-refractivity contribution is 7.99. The van der Waals surface area contributed by atoms with Gasteiger partial charge in [0.1, 0.15) is 5.75 Å². The molecule has 0 spiro atoms. The minimum absolute atomic E-state index is 0.142. The van der Waals surface area contributed by atoms with Crippen LogP contribution in [0.15, 0.2) is 53.7 Å². The van der Waals surface area contributed by atoms with Crippen LogP contribution in [-0.2, 0) is 11.3 Å². The third-order valence-corrected chi connectivity index (χ3v) is 8.20. The van der Waals surface area contributed by atoms with Crippen LogP contribution in [0.4, 0.5) is 5.13 Å². The number of fused-ring (bicyclic) bond motifs is 1. The van der Waals surface area contributed by atoms with Crippen molar-refractivity contribution < 1.29 is 14.3 Å². The molecule has 0 bridgehead atoms. The van der Waals surface area contributed by atoms with Crippen molar-refractivity contribution in [1.82, 2.24) is 25.1 Å². The Morgan fingerprint density at radius 3 is 2.62 bits per heavy atom. The molecule has 2 aromatic carbocycles. The summed E-state index contributed by atoms with van der Waals surface area (Å²) in [5.41, 5.74) is 1.42. The molecule has 0 aliphatic heterocycles. The fraction of sp³-hybridized carbons (Fsp3) is 0.346. The molecular formula is C26H28N6O3S2. The molecule has 0 unspecified atom stereocenters. The number of nitrogens with zero attached hydrogens (tertiary/aromatic N) is 4. The lowest BCUT2D eigenvalue weighted by molar-refractivity contribution is -0.113. The number of amides is 2. The van der Waals surface area contributed by atoms with Crippen LogP contribution in [0.2, 0.25) is 0 Å². The first-order chi connectivity index (χ1) is 18.1. The summed E-state index contributed by atoms with van der Waals surface area (Å²) in [6, 6.07) is 15.0. The van der Waals surface area contributed by atoms with Gasteiger partial charge in [0.25, 0.3) is 5.91 Å².